The summed E-state index contributed by atoms with van der Waals surface area (Å²) in [5, 5.41) is 9.18. The number of ether oxygens (including phenoxy) is 1. The molecule has 0 amide bonds. The highest BCUT2D eigenvalue weighted by Crippen LogP contribution is 2.34. The fourth-order valence-corrected chi connectivity index (χ4v) is 4.98. The van der Waals surface area contributed by atoms with Crippen molar-refractivity contribution in [2.45, 2.75) is 50.4 Å². The molecule has 0 spiro atoms. The highest BCUT2D eigenvalue weighted by molar-refractivity contribution is 7.87. The van der Waals surface area contributed by atoms with Gasteiger partial charge < -0.3 is 9.84 Å². The summed E-state index contributed by atoms with van der Waals surface area (Å²) in [5.41, 5.74) is 0. The molecule has 0 aromatic rings. The van der Waals surface area contributed by atoms with Gasteiger partial charge in [-0.3, -0.25) is 0 Å². The maximum absolute atomic E-state index is 12.4. The van der Waals surface area contributed by atoms with Gasteiger partial charge in [0.05, 0.1) is 18.2 Å². The van der Waals surface area contributed by atoms with Gasteiger partial charge in [0.1, 0.15) is 0 Å². The van der Waals surface area contributed by atoms with E-state index in [-0.39, 0.29) is 30.8 Å². The fourth-order valence-electron chi connectivity index (χ4n) is 3.42. The third-order valence-electron chi connectivity index (χ3n) is 4.49. The molecule has 4 unspecified atom stereocenters. The van der Waals surface area contributed by atoms with Gasteiger partial charge in [-0.1, -0.05) is 0 Å². The molecule has 0 aliphatic carbocycles. The van der Waals surface area contributed by atoms with Crippen LogP contribution in [0.5, 0.6) is 0 Å². The van der Waals surface area contributed by atoms with Crippen LogP contribution in [0.2, 0.25) is 0 Å². The summed E-state index contributed by atoms with van der Waals surface area (Å²) in [6.45, 7) is 1.03. The van der Waals surface area contributed by atoms with Crippen molar-refractivity contribution in [1.29, 1.82) is 0 Å². The van der Waals surface area contributed by atoms with E-state index in [0.29, 0.717) is 13.1 Å². The van der Waals surface area contributed by atoms with E-state index < -0.39 is 10.2 Å². The van der Waals surface area contributed by atoms with E-state index in [4.69, 9.17) is 4.74 Å². The van der Waals surface area contributed by atoms with Gasteiger partial charge >= 0.3 is 0 Å². The highest BCUT2D eigenvalue weighted by Gasteiger charge is 2.43. The van der Waals surface area contributed by atoms with Crippen molar-refractivity contribution < 1.29 is 18.3 Å². The Balaban J connectivity index is 1.62. The minimum absolute atomic E-state index is 0.0539. The number of fused-ring (bicyclic) bond motifs is 2. The molecular formula is C12H22N2O4S. The van der Waals surface area contributed by atoms with Gasteiger partial charge in [0.25, 0.3) is 10.2 Å². The Bertz CT molecular complexity index is 427. The lowest BCUT2D eigenvalue weighted by Crippen LogP contribution is -2.51. The number of hydrogen-bond donors (Lipinski definition) is 2. The molecule has 19 heavy (non-hydrogen) atoms. The number of nitrogens with one attached hydrogen (secondary N) is 1. The van der Waals surface area contributed by atoms with Gasteiger partial charge in [-0.25, -0.2) is 0 Å². The molecule has 110 valence electrons. The van der Waals surface area contributed by atoms with Crippen LogP contribution in [-0.4, -0.2) is 55.8 Å². The number of rotatable bonds is 4. The first kappa shape index (κ1) is 13.8. The van der Waals surface area contributed by atoms with Crippen LogP contribution in [0.3, 0.4) is 0 Å². The maximum atomic E-state index is 12.4. The van der Waals surface area contributed by atoms with Gasteiger partial charge in [-0.05, 0) is 38.0 Å². The standard InChI is InChI=1S/C12H22N2O4S/c15-8-9-2-1-5-14(7-9)19(16,17)13-11-6-10-3-4-12(11)18-10/h9-13,15H,1-8H2. The lowest BCUT2D eigenvalue weighted by Gasteiger charge is -2.32. The Hall–Kier alpha value is -0.210. The average Bonchev–Trinajstić information content (AvgIpc) is 3.00. The zero-order valence-corrected chi connectivity index (χ0v) is 11.8. The second-order valence-corrected chi connectivity index (χ2v) is 7.59. The second-order valence-electron chi connectivity index (χ2n) is 5.89. The summed E-state index contributed by atoms with van der Waals surface area (Å²) in [4.78, 5) is 0. The van der Waals surface area contributed by atoms with Crippen molar-refractivity contribution in [3.05, 3.63) is 0 Å². The lowest BCUT2D eigenvalue weighted by atomic mass is 9.96. The third kappa shape index (κ3) is 2.80. The molecule has 3 aliphatic rings. The number of hydrogen-bond acceptors (Lipinski definition) is 4. The summed E-state index contributed by atoms with van der Waals surface area (Å²) in [6.07, 6.45) is 4.82. The monoisotopic (exact) mass is 290 g/mol. The Morgan fingerprint density at radius 1 is 1.32 bits per heavy atom. The fraction of sp³-hybridized carbons (Fsp3) is 1.00. The first-order chi connectivity index (χ1) is 9.08. The summed E-state index contributed by atoms with van der Waals surface area (Å²) in [6, 6.07) is -0.0711. The number of piperidine rings is 1. The summed E-state index contributed by atoms with van der Waals surface area (Å²) in [7, 11) is -3.44. The van der Waals surface area contributed by atoms with Crippen molar-refractivity contribution in [3.8, 4) is 0 Å². The van der Waals surface area contributed by atoms with E-state index in [9.17, 15) is 13.5 Å². The Morgan fingerprint density at radius 2 is 2.16 bits per heavy atom. The van der Waals surface area contributed by atoms with E-state index >= 15 is 0 Å². The molecule has 0 aromatic carbocycles. The molecule has 2 N–H and O–H groups in total. The Labute approximate surface area is 114 Å². The van der Waals surface area contributed by atoms with Crippen LogP contribution in [0, 0.1) is 5.92 Å². The molecule has 0 saturated carbocycles. The predicted octanol–water partition coefficient (Wildman–Crippen LogP) is -0.155. The van der Waals surface area contributed by atoms with E-state index in [0.717, 1.165) is 32.1 Å². The van der Waals surface area contributed by atoms with E-state index in [2.05, 4.69) is 4.72 Å². The van der Waals surface area contributed by atoms with Crippen LogP contribution in [0.15, 0.2) is 0 Å². The molecule has 4 atom stereocenters. The van der Waals surface area contributed by atoms with E-state index in [1.807, 2.05) is 0 Å². The Kier molecular flexibility index (Phi) is 3.83. The zero-order valence-electron chi connectivity index (χ0n) is 11.0. The molecule has 3 aliphatic heterocycles. The quantitative estimate of drug-likeness (QED) is 0.754. The molecule has 0 radical (unpaired) electrons. The molecule has 3 saturated heterocycles. The van der Waals surface area contributed by atoms with E-state index in [1.54, 1.807) is 0 Å². The predicted molar refractivity (Wildman–Crippen MR) is 69.7 cm³/mol. The van der Waals surface area contributed by atoms with Crippen LogP contribution in [0.25, 0.3) is 0 Å². The number of aliphatic hydroxyl groups excluding tert-OH is 1. The largest absolute Gasteiger partial charge is 0.396 e. The van der Waals surface area contributed by atoms with Crippen LogP contribution in [-0.2, 0) is 14.9 Å². The van der Waals surface area contributed by atoms with Crippen LogP contribution in [0.1, 0.15) is 32.1 Å². The summed E-state index contributed by atoms with van der Waals surface area (Å²) in [5.74, 6) is 0.0709. The molecule has 6 nitrogen and oxygen atoms in total. The number of nitrogens with zero attached hydrogens (tertiary/aromatic N) is 1. The summed E-state index contributed by atoms with van der Waals surface area (Å²) >= 11 is 0. The van der Waals surface area contributed by atoms with Crippen molar-refractivity contribution >= 4 is 10.2 Å². The SMILES string of the molecule is O=S(=O)(NC1CC2CCC1O2)N1CCCC(CO)C1. The van der Waals surface area contributed by atoms with Crippen LogP contribution >= 0.6 is 0 Å². The normalized spacial score (nSPS) is 39.8. The highest BCUT2D eigenvalue weighted by atomic mass is 32.2. The Morgan fingerprint density at radius 3 is 2.79 bits per heavy atom. The van der Waals surface area contributed by atoms with Gasteiger partial charge in [0, 0.05) is 19.7 Å². The van der Waals surface area contributed by atoms with E-state index in [1.165, 1.54) is 4.31 Å². The molecule has 2 bridgehead atoms. The molecule has 7 heteroatoms. The zero-order chi connectivity index (χ0) is 13.5. The molecular weight excluding hydrogens is 268 g/mol. The smallest absolute Gasteiger partial charge is 0.279 e. The third-order valence-corrected chi connectivity index (χ3v) is 6.10. The van der Waals surface area contributed by atoms with Crippen LogP contribution in [0.4, 0.5) is 0 Å². The molecule has 3 rings (SSSR count). The first-order valence-corrected chi connectivity index (χ1v) is 8.56. The van der Waals surface area contributed by atoms with Crippen molar-refractivity contribution in [1.82, 2.24) is 9.03 Å². The van der Waals surface area contributed by atoms with Gasteiger partial charge in [-0.2, -0.15) is 17.4 Å². The lowest BCUT2D eigenvalue weighted by molar-refractivity contribution is 0.0991. The molecule has 0 aromatic heterocycles. The minimum atomic E-state index is -3.44. The van der Waals surface area contributed by atoms with Gasteiger partial charge in [0.15, 0.2) is 0 Å². The van der Waals surface area contributed by atoms with Gasteiger partial charge in [0.2, 0.25) is 0 Å². The average molecular weight is 290 g/mol. The van der Waals surface area contributed by atoms with Crippen molar-refractivity contribution in [2.75, 3.05) is 19.7 Å². The number of aliphatic hydroxyl groups is 1. The van der Waals surface area contributed by atoms with Crippen molar-refractivity contribution in [3.63, 3.8) is 0 Å². The molecule has 3 heterocycles. The second kappa shape index (κ2) is 5.29. The van der Waals surface area contributed by atoms with Gasteiger partial charge in [-0.15, -0.1) is 0 Å². The first-order valence-electron chi connectivity index (χ1n) is 7.12. The van der Waals surface area contributed by atoms with Crippen molar-refractivity contribution in [2.24, 2.45) is 5.92 Å². The topological polar surface area (TPSA) is 78.9 Å². The molecule has 3 fully saturated rings. The summed E-state index contributed by atoms with van der Waals surface area (Å²) < 4.78 is 34.7. The maximum Gasteiger partial charge on any atom is 0.279 e. The minimum Gasteiger partial charge on any atom is -0.396 e. The van der Waals surface area contributed by atoms with Crippen LogP contribution < -0.4 is 4.72 Å².